The topological polar surface area (TPSA) is 89.2 Å². The Hall–Kier alpha value is -5.32. The first kappa shape index (κ1) is 35.7. The number of esters is 1. The minimum absolute atomic E-state index is 0.278. The monoisotopic (exact) mass is 728 g/mol. The first-order chi connectivity index (χ1) is 26.6. The van der Waals surface area contributed by atoms with Gasteiger partial charge in [-0.1, -0.05) is 54.6 Å². The lowest BCUT2D eigenvalue weighted by Gasteiger charge is -2.28. The molecule has 0 atom stereocenters. The third-order valence-electron chi connectivity index (χ3n) is 10.5. The Morgan fingerprint density at radius 3 is 2.48 bits per heavy atom. The molecule has 0 bridgehead atoms. The van der Waals surface area contributed by atoms with Crippen molar-refractivity contribution in [3.63, 3.8) is 0 Å². The van der Waals surface area contributed by atoms with Gasteiger partial charge in [-0.25, -0.2) is 4.79 Å². The molecule has 10 nitrogen and oxygen atoms in total. The van der Waals surface area contributed by atoms with Crippen molar-refractivity contribution in [2.75, 3.05) is 51.0 Å². The summed E-state index contributed by atoms with van der Waals surface area (Å²) >= 11 is 0. The second-order valence-corrected chi connectivity index (χ2v) is 13.9. The average molecular weight is 729 g/mol. The van der Waals surface area contributed by atoms with Crippen LogP contribution >= 0.6 is 0 Å². The minimum atomic E-state index is -0.300. The molecule has 1 fully saturated rings. The van der Waals surface area contributed by atoms with Crippen molar-refractivity contribution in [3.05, 3.63) is 108 Å². The first-order valence-electron chi connectivity index (χ1n) is 19.2. The van der Waals surface area contributed by atoms with Crippen molar-refractivity contribution in [3.8, 4) is 22.6 Å². The quantitative estimate of drug-likeness (QED) is 0.0977. The summed E-state index contributed by atoms with van der Waals surface area (Å²) in [5, 5.41) is 8.29. The van der Waals surface area contributed by atoms with Crippen LogP contribution in [-0.2, 0) is 47.4 Å². The Balaban J connectivity index is 1.14. The molecule has 8 rings (SSSR count). The normalized spacial score (nSPS) is 14.8. The van der Waals surface area contributed by atoms with Crippen LogP contribution in [0.5, 0.6) is 11.5 Å². The number of anilines is 1. The molecular weight excluding hydrogens is 681 g/mol. The molecule has 0 radical (unpaired) electrons. The Kier molecular flexibility index (Phi) is 10.8. The summed E-state index contributed by atoms with van der Waals surface area (Å²) in [6, 6.07) is 29.0. The van der Waals surface area contributed by atoms with Crippen LogP contribution in [0.4, 0.5) is 5.69 Å². The van der Waals surface area contributed by atoms with Gasteiger partial charge < -0.3 is 33.2 Å². The SMILES string of the molecule is CCOC(=O)c1c(CCCOc2cccc3ccccc23)c2cccc3c2n1CCCCOCc1c-3c(COc2ccc(N3CCOCC3)cc2)nn1C. The number of rotatable bonds is 11. The number of carbonyl (C=O) groups is 1. The molecule has 10 heteroatoms. The highest BCUT2D eigenvalue weighted by molar-refractivity contribution is 6.05. The number of fused-ring (bicyclic) bond motifs is 3. The predicted molar refractivity (Wildman–Crippen MR) is 211 cm³/mol. The van der Waals surface area contributed by atoms with Gasteiger partial charge in [-0.15, -0.1) is 0 Å². The van der Waals surface area contributed by atoms with E-state index in [1.54, 1.807) is 0 Å². The number of carbonyl (C=O) groups excluding carboxylic acids is 1. The largest absolute Gasteiger partial charge is 0.493 e. The van der Waals surface area contributed by atoms with Crippen LogP contribution in [0.2, 0.25) is 0 Å². The lowest BCUT2D eigenvalue weighted by molar-refractivity contribution is 0.0512. The zero-order chi connectivity index (χ0) is 36.9. The van der Waals surface area contributed by atoms with E-state index in [4.69, 9.17) is 28.8 Å². The number of hydrogen-bond acceptors (Lipinski definition) is 8. The maximum absolute atomic E-state index is 13.9. The van der Waals surface area contributed by atoms with Crippen LogP contribution < -0.4 is 14.4 Å². The molecule has 4 aromatic carbocycles. The highest BCUT2D eigenvalue weighted by Crippen LogP contribution is 2.40. The number of para-hydroxylation sites is 1. The lowest BCUT2D eigenvalue weighted by Crippen LogP contribution is -2.36. The number of ether oxygens (including phenoxy) is 5. The fourth-order valence-corrected chi connectivity index (χ4v) is 7.91. The maximum Gasteiger partial charge on any atom is 0.355 e. The highest BCUT2D eigenvalue weighted by Gasteiger charge is 2.29. The van der Waals surface area contributed by atoms with Crippen molar-refractivity contribution in [1.29, 1.82) is 0 Å². The number of nitrogens with zero attached hydrogens (tertiary/aromatic N) is 4. The molecule has 0 aliphatic carbocycles. The lowest BCUT2D eigenvalue weighted by atomic mass is 9.98. The van der Waals surface area contributed by atoms with Crippen molar-refractivity contribution in [2.45, 2.75) is 52.4 Å². The average Bonchev–Trinajstić information content (AvgIpc) is 3.69. The van der Waals surface area contributed by atoms with Crippen molar-refractivity contribution in [2.24, 2.45) is 7.05 Å². The van der Waals surface area contributed by atoms with Crippen molar-refractivity contribution in [1.82, 2.24) is 14.3 Å². The Bertz CT molecular complexity index is 2230. The molecular formula is C44H48N4O6. The number of hydrogen-bond donors (Lipinski definition) is 0. The van der Waals surface area contributed by atoms with E-state index < -0.39 is 0 Å². The van der Waals surface area contributed by atoms with E-state index in [0.29, 0.717) is 45.1 Å². The third kappa shape index (κ3) is 7.28. The minimum Gasteiger partial charge on any atom is -0.493 e. The summed E-state index contributed by atoms with van der Waals surface area (Å²) in [6.45, 7) is 7.90. The molecule has 0 amide bonds. The van der Waals surface area contributed by atoms with E-state index in [1.807, 2.05) is 55.1 Å². The van der Waals surface area contributed by atoms with E-state index >= 15 is 0 Å². The summed E-state index contributed by atoms with van der Waals surface area (Å²) in [6.07, 6.45) is 3.11. The molecule has 0 spiro atoms. The van der Waals surface area contributed by atoms with Crippen molar-refractivity contribution < 1.29 is 28.5 Å². The third-order valence-corrected chi connectivity index (χ3v) is 10.5. The Morgan fingerprint density at radius 1 is 0.833 bits per heavy atom. The van der Waals surface area contributed by atoms with E-state index in [9.17, 15) is 4.79 Å². The van der Waals surface area contributed by atoms with Gasteiger partial charge in [0, 0.05) is 60.9 Å². The van der Waals surface area contributed by atoms with Gasteiger partial charge in [-0.05, 0) is 73.9 Å². The van der Waals surface area contributed by atoms with Gasteiger partial charge in [-0.2, -0.15) is 5.10 Å². The summed E-state index contributed by atoms with van der Waals surface area (Å²) in [5.74, 6) is 1.34. The summed E-state index contributed by atoms with van der Waals surface area (Å²) in [4.78, 5) is 16.3. The number of aromatic nitrogens is 3. The summed E-state index contributed by atoms with van der Waals surface area (Å²) < 4.78 is 34.4. The van der Waals surface area contributed by atoms with Crippen molar-refractivity contribution >= 4 is 33.3 Å². The van der Waals surface area contributed by atoms with Crippen LogP contribution in [0.25, 0.3) is 32.8 Å². The zero-order valence-electron chi connectivity index (χ0n) is 31.2. The van der Waals surface area contributed by atoms with Gasteiger partial charge in [0.1, 0.15) is 29.5 Å². The Labute approximate surface area is 316 Å². The standard InChI is InChI=1S/C44H48N4O6/c1-3-52-44(49)43-36(16-10-26-53-40-17-8-12-31-11-4-5-13-34(31)40)35-14-9-15-37-41-38(29-54-33-20-18-32(19-21-33)47-23-27-50-28-24-47)45-46(2)39(41)30-51-25-7-6-22-48(43)42(35)37/h4-5,8-9,11-15,17-21H,3,6-7,10,16,22-30H2,1-2H3. The zero-order valence-corrected chi connectivity index (χ0v) is 31.2. The van der Waals surface area contributed by atoms with Gasteiger partial charge >= 0.3 is 5.97 Å². The molecule has 6 aromatic rings. The fraction of sp³-hybridized carbons (Fsp3) is 0.364. The van der Waals surface area contributed by atoms with Gasteiger partial charge in [0.05, 0.1) is 44.2 Å². The van der Waals surface area contributed by atoms with Crippen LogP contribution in [0, 0.1) is 0 Å². The molecule has 2 aromatic heterocycles. The summed E-state index contributed by atoms with van der Waals surface area (Å²) in [7, 11) is 1.97. The van der Waals surface area contributed by atoms with E-state index in [2.05, 4.69) is 58.0 Å². The fourth-order valence-electron chi connectivity index (χ4n) is 7.91. The molecule has 2 aliphatic rings. The molecule has 280 valence electrons. The molecule has 1 saturated heterocycles. The van der Waals surface area contributed by atoms with Crippen LogP contribution in [0.1, 0.15) is 53.6 Å². The van der Waals surface area contributed by atoms with Crippen LogP contribution in [0.15, 0.2) is 84.9 Å². The van der Waals surface area contributed by atoms with Crippen LogP contribution in [-0.4, -0.2) is 66.4 Å². The smallest absolute Gasteiger partial charge is 0.355 e. The highest BCUT2D eigenvalue weighted by atomic mass is 16.5. The van der Waals surface area contributed by atoms with Gasteiger partial charge in [-0.3, -0.25) is 4.68 Å². The van der Waals surface area contributed by atoms with E-state index in [0.717, 1.165) is 113 Å². The molecule has 0 N–H and O–H groups in total. The number of aryl methyl sites for hydroxylation is 3. The summed E-state index contributed by atoms with van der Waals surface area (Å²) in [5.41, 5.74) is 7.56. The second-order valence-electron chi connectivity index (χ2n) is 13.9. The Morgan fingerprint density at radius 2 is 1.63 bits per heavy atom. The molecule has 0 saturated carbocycles. The van der Waals surface area contributed by atoms with Crippen LogP contribution in [0.3, 0.4) is 0 Å². The predicted octanol–water partition coefficient (Wildman–Crippen LogP) is 8.11. The second kappa shape index (κ2) is 16.4. The van der Waals surface area contributed by atoms with Gasteiger partial charge in [0.2, 0.25) is 0 Å². The van der Waals surface area contributed by atoms with Gasteiger partial charge in [0.25, 0.3) is 0 Å². The van der Waals surface area contributed by atoms with Gasteiger partial charge in [0.15, 0.2) is 0 Å². The number of morpholine rings is 1. The molecule has 2 aliphatic heterocycles. The molecule has 0 unspecified atom stereocenters. The van der Waals surface area contributed by atoms with E-state index in [-0.39, 0.29) is 12.6 Å². The first-order valence-corrected chi connectivity index (χ1v) is 19.2. The molecule has 4 heterocycles. The number of benzene rings is 4. The van der Waals surface area contributed by atoms with E-state index in [1.165, 1.54) is 0 Å². The molecule has 54 heavy (non-hydrogen) atoms. The maximum atomic E-state index is 13.9.